The molecule has 1 amide bonds. The second kappa shape index (κ2) is 5.18. The second-order valence-corrected chi connectivity index (χ2v) is 5.10. The van der Waals surface area contributed by atoms with Gasteiger partial charge in [0.25, 0.3) is 5.91 Å². The highest BCUT2D eigenvalue weighted by Crippen LogP contribution is 2.25. The molecule has 0 fully saturated rings. The molecule has 0 atom stereocenters. The van der Waals surface area contributed by atoms with Gasteiger partial charge in [-0.3, -0.25) is 15.1 Å². The van der Waals surface area contributed by atoms with Crippen LogP contribution in [0.2, 0.25) is 5.02 Å². The molecule has 3 rings (SSSR count). The Hall–Kier alpha value is -2.40. The lowest BCUT2D eigenvalue weighted by atomic mass is 10.2. The molecule has 0 aliphatic heterocycles. The van der Waals surface area contributed by atoms with Crippen LogP contribution in [-0.4, -0.2) is 20.4 Å². The number of pyridine rings is 1. The summed E-state index contributed by atoms with van der Waals surface area (Å²) in [7, 11) is 1.83. The number of benzene rings is 1. The van der Waals surface area contributed by atoms with E-state index in [-0.39, 0.29) is 5.91 Å². The van der Waals surface area contributed by atoms with Gasteiger partial charge in [-0.1, -0.05) is 17.7 Å². The summed E-state index contributed by atoms with van der Waals surface area (Å²) in [5.41, 5.74) is 2.73. The van der Waals surface area contributed by atoms with Crippen molar-refractivity contribution < 1.29 is 4.79 Å². The zero-order chi connectivity index (χ0) is 15.0. The first-order chi connectivity index (χ1) is 10.1. The van der Waals surface area contributed by atoms with Gasteiger partial charge in [-0.05, 0) is 31.2 Å². The number of carbonyl (C=O) groups is 1. The Balaban J connectivity index is 1.99. The first kappa shape index (κ1) is 13.6. The first-order valence-electron chi connectivity index (χ1n) is 6.42. The summed E-state index contributed by atoms with van der Waals surface area (Å²) in [6.45, 7) is 1.79. The number of amides is 1. The van der Waals surface area contributed by atoms with Crippen LogP contribution in [0, 0.1) is 6.92 Å². The summed E-state index contributed by atoms with van der Waals surface area (Å²) in [6.07, 6.45) is 1.65. The zero-order valence-corrected chi connectivity index (χ0v) is 12.3. The van der Waals surface area contributed by atoms with Crippen LogP contribution >= 0.6 is 11.6 Å². The Bertz CT molecular complexity index is 841. The average Bonchev–Trinajstić information content (AvgIpc) is 2.78. The number of halogens is 1. The van der Waals surface area contributed by atoms with Crippen molar-refractivity contribution in [2.24, 2.45) is 7.05 Å². The number of hydrogen-bond acceptors (Lipinski definition) is 3. The molecule has 6 heteroatoms. The number of nitrogens with one attached hydrogen (secondary N) is 1. The minimum atomic E-state index is -0.241. The third-order valence-corrected chi connectivity index (χ3v) is 3.64. The van der Waals surface area contributed by atoms with Gasteiger partial charge in [-0.15, -0.1) is 0 Å². The predicted octanol–water partition coefficient (Wildman–Crippen LogP) is 3.18. The van der Waals surface area contributed by atoms with Crippen LogP contribution in [0.25, 0.3) is 11.0 Å². The van der Waals surface area contributed by atoms with Crippen molar-refractivity contribution in [3.63, 3.8) is 0 Å². The van der Waals surface area contributed by atoms with E-state index >= 15 is 0 Å². The first-order valence-corrected chi connectivity index (χ1v) is 6.79. The van der Waals surface area contributed by atoms with Crippen LogP contribution < -0.4 is 5.32 Å². The molecule has 0 bridgehead atoms. The van der Waals surface area contributed by atoms with Crippen molar-refractivity contribution >= 4 is 34.5 Å². The highest BCUT2D eigenvalue weighted by molar-refractivity contribution is 6.35. The molecule has 0 aliphatic carbocycles. The molecule has 0 unspecified atom stereocenters. The molecule has 0 aliphatic rings. The van der Waals surface area contributed by atoms with E-state index in [2.05, 4.69) is 15.3 Å². The molecule has 0 saturated carbocycles. The molecule has 2 aromatic heterocycles. The number of rotatable bonds is 2. The Kier molecular flexibility index (Phi) is 3.35. The fraction of sp³-hybridized carbons (Fsp3) is 0.133. The largest absolute Gasteiger partial charge is 0.313 e. The van der Waals surface area contributed by atoms with Gasteiger partial charge in [0, 0.05) is 18.9 Å². The number of carbonyl (C=O) groups excluding carboxylic acids is 1. The van der Waals surface area contributed by atoms with Gasteiger partial charge in [0.1, 0.15) is 5.52 Å². The standard InChI is InChI=1S/C15H13ClN4O/c1-9-10(5-4-8-17-9)14(21)19-15-18-13-11(16)6-3-7-12(13)20(15)2/h3-8H,1-2H3,(H,18,19,21). The van der Waals surface area contributed by atoms with Crippen LogP contribution in [0.5, 0.6) is 0 Å². The van der Waals surface area contributed by atoms with Gasteiger partial charge in [-0.2, -0.15) is 0 Å². The maximum absolute atomic E-state index is 12.3. The summed E-state index contributed by atoms with van der Waals surface area (Å²) in [5, 5.41) is 3.35. The van der Waals surface area contributed by atoms with E-state index in [9.17, 15) is 4.79 Å². The Morgan fingerprint density at radius 3 is 2.81 bits per heavy atom. The van der Waals surface area contributed by atoms with Crippen LogP contribution in [0.1, 0.15) is 16.1 Å². The molecular formula is C15H13ClN4O. The number of aromatic nitrogens is 3. The van der Waals surface area contributed by atoms with Crippen molar-refractivity contribution in [2.45, 2.75) is 6.92 Å². The molecule has 0 spiro atoms. The van der Waals surface area contributed by atoms with Crippen molar-refractivity contribution in [1.29, 1.82) is 0 Å². The zero-order valence-electron chi connectivity index (χ0n) is 11.6. The topological polar surface area (TPSA) is 59.8 Å². The van der Waals surface area contributed by atoms with Crippen molar-refractivity contribution in [1.82, 2.24) is 14.5 Å². The van der Waals surface area contributed by atoms with E-state index in [1.807, 2.05) is 19.2 Å². The van der Waals surface area contributed by atoms with E-state index in [0.29, 0.717) is 27.7 Å². The van der Waals surface area contributed by atoms with E-state index in [4.69, 9.17) is 11.6 Å². The molecular weight excluding hydrogens is 288 g/mol. The maximum atomic E-state index is 12.3. The van der Waals surface area contributed by atoms with E-state index in [1.165, 1.54) is 0 Å². The van der Waals surface area contributed by atoms with Crippen molar-refractivity contribution in [3.8, 4) is 0 Å². The quantitative estimate of drug-likeness (QED) is 0.790. The minimum Gasteiger partial charge on any atom is -0.313 e. The molecule has 2 heterocycles. The molecule has 21 heavy (non-hydrogen) atoms. The van der Waals surface area contributed by atoms with Gasteiger partial charge in [0.05, 0.1) is 16.1 Å². The minimum absolute atomic E-state index is 0.241. The van der Waals surface area contributed by atoms with Crippen LogP contribution in [0.15, 0.2) is 36.5 Å². The number of anilines is 1. The lowest BCUT2D eigenvalue weighted by Gasteiger charge is -2.06. The summed E-state index contributed by atoms with van der Waals surface area (Å²) < 4.78 is 1.80. The third-order valence-electron chi connectivity index (χ3n) is 3.34. The van der Waals surface area contributed by atoms with E-state index in [0.717, 1.165) is 5.52 Å². The molecule has 0 radical (unpaired) electrons. The molecule has 5 nitrogen and oxygen atoms in total. The normalized spacial score (nSPS) is 10.8. The molecule has 3 aromatic rings. The van der Waals surface area contributed by atoms with E-state index in [1.54, 1.807) is 35.9 Å². The van der Waals surface area contributed by atoms with Crippen molar-refractivity contribution in [2.75, 3.05) is 5.32 Å². The number of hydrogen-bond donors (Lipinski definition) is 1. The van der Waals surface area contributed by atoms with Gasteiger partial charge >= 0.3 is 0 Å². The molecule has 1 N–H and O–H groups in total. The number of nitrogens with zero attached hydrogens (tertiary/aromatic N) is 3. The molecule has 0 saturated heterocycles. The van der Waals surface area contributed by atoms with Gasteiger partial charge < -0.3 is 4.57 Å². The number of aryl methyl sites for hydroxylation is 2. The fourth-order valence-corrected chi connectivity index (χ4v) is 2.40. The Morgan fingerprint density at radius 2 is 2.10 bits per heavy atom. The average molecular weight is 301 g/mol. The predicted molar refractivity (Wildman–Crippen MR) is 82.7 cm³/mol. The smallest absolute Gasteiger partial charge is 0.259 e. The molecule has 106 valence electrons. The SMILES string of the molecule is Cc1ncccc1C(=O)Nc1nc2c(Cl)cccc2n1C. The van der Waals surface area contributed by atoms with Crippen LogP contribution in [0.4, 0.5) is 5.95 Å². The van der Waals surface area contributed by atoms with Crippen LogP contribution in [0.3, 0.4) is 0 Å². The summed E-state index contributed by atoms with van der Waals surface area (Å²) in [4.78, 5) is 20.8. The lowest BCUT2D eigenvalue weighted by molar-refractivity contribution is 0.102. The van der Waals surface area contributed by atoms with Crippen molar-refractivity contribution in [3.05, 3.63) is 52.8 Å². The highest BCUT2D eigenvalue weighted by Gasteiger charge is 2.15. The lowest BCUT2D eigenvalue weighted by Crippen LogP contribution is -2.16. The van der Waals surface area contributed by atoms with Gasteiger partial charge in [0.15, 0.2) is 0 Å². The Morgan fingerprint density at radius 1 is 1.29 bits per heavy atom. The second-order valence-electron chi connectivity index (χ2n) is 4.69. The number of fused-ring (bicyclic) bond motifs is 1. The summed E-state index contributed by atoms with van der Waals surface area (Å²) in [5.74, 6) is 0.210. The number of para-hydroxylation sites is 1. The summed E-state index contributed by atoms with van der Waals surface area (Å²) >= 11 is 6.12. The number of imidazole rings is 1. The molecule has 1 aromatic carbocycles. The monoisotopic (exact) mass is 300 g/mol. The summed E-state index contributed by atoms with van der Waals surface area (Å²) in [6, 6.07) is 8.98. The van der Waals surface area contributed by atoms with Gasteiger partial charge in [0.2, 0.25) is 5.95 Å². The highest BCUT2D eigenvalue weighted by atomic mass is 35.5. The Labute approximate surface area is 126 Å². The third kappa shape index (κ3) is 2.36. The van der Waals surface area contributed by atoms with Crippen LogP contribution in [-0.2, 0) is 7.05 Å². The fourth-order valence-electron chi connectivity index (χ4n) is 2.19. The maximum Gasteiger partial charge on any atom is 0.259 e. The van der Waals surface area contributed by atoms with Gasteiger partial charge in [-0.25, -0.2) is 4.98 Å². The van der Waals surface area contributed by atoms with E-state index < -0.39 is 0 Å².